The number of aromatic nitrogens is 1. The SMILES string of the molecule is CONC(=O)Nc1c(-c2ccnc(OC3CCC(F)(F)CC3)c2)ccc2c1CCC2. The highest BCUT2D eigenvalue weighted by atomic mass is 19.3. The van der Waals surface area contributed by atoms with Crippen LogP contribution in [0.2, 0.25) is 0 Å². The van der Waals surface area contributed by atoms with E-state index in [2.05, 4.69) is 21.8 Å². The van der Waals surface area contributed by atoms with Gasteiger partial charge in [-0.1, -0.05) is 12.1 Å². The number of carbonyl (C=O) groups is 1. The normalized spacial score (nSPS) is 18.0. The van der Waals surface area contributed by atoms with Gasteiger partial charge in [-0.05, 0) is 54.9 Å². The number of aryl methyl sites for hydroxylation is 1. The summed E-state index contributed by atoms with van der Waals surface area (Å²) in [5, 5.41) is 2.90. The number of fused-ring (bicyclic) bond motifs is 1. The Labute approximate surface area is 173 Å². The molecule has 0 spiro atoms. The van der Waals surface area contributed by atoms with Crippen LogP contribution in [0.5, 0.6) is 5.88 Å². The lowest BCUT2D eigenvalue weighted by Crippen LogP contribution is -2.30. The van der Waals surface area contributed by atoms with Crippen LogP contribution in [0.1, 0.15) is 43.2 Å². The molecule has 1 aromatic carbocycles. The lowest BCUT2D eigenvalue weighted by molar-refractivity contribution is -0.0588. The van der Waals surface area contributed by atoms with Crippen molar-refractivity contribution in [2.75, 3.05) is 12.4 Å². The average Bonchev–Trinajstić information content (AvgIpc) is 3.20. The number of nitrogens with one attached hydrogen (secondary N) is 2. The van der Waals surface area contributed by atoms with Crippen molar-refractivity contribution in [1.29, 1.82) is 0 Å². The molecule has 160 valence electrons. The zero-order chi connectivity index (χ0) is 21.1. The molecule has 2 aliphatic rings. The molecule has 0 unspecified atom stereocenters. The van der Waals surface area contributed by atoms with Crippen LogP contribution in [-0.2, 0) is 17.7 Å². The summed E-state index contributed by atoms with van der Waals surface area (Å²) in [6.45, 7) is 0. The number of halogens is 2. The molecule has 2 N–H and O–H groups in total. The molecule has 0 radical (unpaired) electrons. The Morgan fingerprint density at radius 2 is 2.00 bits per heavy atom. The number of anilines is 1. The number of hydrogen-bond donors (Lipinski definition) is 2. The van der Waals surface area contributed by atoms with E-state index in [9.17, 15) is 13.6 Å². The standard InChI is InChI=1S/C22H25F2N3O3/c1-29-27-21(28)26-20-17-4-2-3-14(17)5-6-18(20)15-9-12-25-19(13-15)30-16-7-10-22(23,24)11-8-16/h5-6,9,12-13,16H,2-4,7-8,10-11H2,1H3,(H2,26,27,28). The van der Waals surface area contributed by atoms with Crippen molar-refractivity contribution in [3.8, 4) is 17.0 Å². The van der Waals surface area contributed by atoms with Gasteiger partial charge in [0.25, 0.3) is 0 Å². The van der Waals surface area contributed by atoms with E-state index in [1.165, 1.54) is 12.7 Å². The average molecular weight is 417 g/mol. The Kier molecular flexibility index (Phi) is 5.85. The van der Waals surface area contributed by atoms with E-state index in [1.807, 2.05) is 12.1 Å². The topological polar surface area (TPSA) is 72.5 Å². The van der Waals surface area contributed by atoms with Crippen molar-refractivity contribution in [1.82, 2.24) is 10.5 Å². The number of ether oxygens (including phenoxy) is 1. The summed E-state index contributed by atoms with van der Waals surface area (Å²) in [6.07, 6.45) is 4.56. The third kappa shape index (κ3) is 4.53. The van der Waals surface area contributed by atoms with Crippen LogP contribution in [0.15, 0.2) is 30.5 Å². The molecule has 6 nitrogen and oxygen atoms in total. The molecular formula is C22H25F2N3O3. The van der Waals surface area contributed by atoms with E-state index in [0.29, 0.717) is 18.7 Å². The predicted molar refractivity (Wildman–Crippen MR) is 109 cm³/mol. The van der Waals surface area contributed by atoms with Gasteiger partial charge in [0.1, 0.15) is 6.10 Å². The van der Waals surface area contributed by atoms with Gasteiger partial charge in [0.05, 0.1) is 12.8 Å². The first kappa shape index (κ1) is 20.5. The Morgan fingerprint density at radius 1 is 1.20 bits per heavy atom. The maximum atomic E-state index is 13.4. The van der Waals surface area contributed by atoms with Gasteiger partial charge >= 0.3 is 6.03 Å². The van der Waals surface area contributed by atoms with Crippen molar-refractivity contribution in [3.05, 3.63) is 41.6 Å². The number of carbonyl (C=O) groups excluding carboxylic acids is 1. The summed E-state index contributed by atoms with van der Waals surface area (Å²) >= 11 is 0. The number of hydrogen-bond acceptors (Lipinski definition) is 4. The predicted octanol–water partition coefficient (Wildman–Crippen LogP) is 4.88. The molecule has 30 heavy (non-hydrogen) atoms. The summed E-state index contributed by atoms with van der Waals surface area (Å²) in [7, 11) is 1.38. The zero-order valence-electron chi connectivity index (χ0n) is 16.8. The van der Waals surface area contributed by atoms with Crippen LogP contribution in [0.4, 0.5) is 19.3 Å². The smallest absolute Gasteiger partial charge is 0.343 e. The Morgan fingerprint density at radius 3 is 2.77 bits per heavy atom. The molecule has 0 atom stereocenters. The highest BCUT2D eigenvalue weighted by Crippen LogP contribution is 2.39. The summed E-state index contributed by atoms with van der Waals surface area (Å²) in [4.78, 5) is 21.1. The Balaban J connectivity index is 1.59. The zero-order valence-corrected chi connectivity index (χ0v) is 16.8. The number of hydroxylamine groups is 1. The van der Waals surface area contributed by atoms with E-state index < -0.39 is 12.0 Å². The third-order valence-corrected chi connectivity index (χ3v) is 5.71. The molecule has 0 saturated heterocycles. The molecule has 4 rings (SSSR count). The summed E-state index contributed by atoms with van der Waals surface area (Å²) < 4.78 is 32.7. The second-order valence-electron chi connectivity index (χ2n) is 7.80. The molecule has 1 heterocycles. The number of urea groups is 1. The van der Waals surface area contributed by atoms with E-state index >= 15 is 0 Å². The van der Waals surface area contributed by atoms with Crippen molar-refractivity contribution >= 4 is 11.7 Å². The molecule has 8 heteroatoms. The largest absolute Gasteiger partial charge is 0.474 e. The van der Waals surface area contributed by atoms with Gasteiger partial charge in [0.15, 0.2) is 0 Å². The molecule has 2 aromatic rings. The van der Waals surface area contributed by atoms with E-state index in [-0.39, 0.29) is 18.9 Å². The number of nitrogens with zero attached hydrogens (tertiary/aromatic N) is 1. The molecular weight excluding hydrogens is 392 g/mol. The van der Waals surface area contributed by atoms with Crippen LogP contribution in [0.3, 0.4) is 0 Å². The summed E-state index contributed by atoms with van der Waals surface area (Å²) in [5.74, 6) is -2.20. The minimum Gasteiger partial charge on any atom is -0.474 e. The molecule has 0 bridgehead atoms. The fraction of sp³-hybridized carbons (Fsp3) is 0.455. The third-order valence-electron chi connectivity index (χ3n) is 5.71. The number of amides is 2. The van der Waals surface area contributed by atoms with Crippen LogP contribution in [-0.4, -0.2) is 30.2 Å². The number of alkyl halides is 2. The molecule has 1 saturated carbocycles. The second-order valence-corrected chi connectivity index (χ2v) is 7.80. The lowest BCUT2D eigenvalue weighted by atomic mass is 9.94. The van der Waals surface area contributed by atoms with Crippen molar-refractivity contribution in [2.45, 2.75) is 57.0 Å². The van der Waals surface area contributed by atoms with Crippen LogP contribution >= 0.6 is 0 Å². The minimum atomic E-state index is -2.59. The molecule has 1 aromatic heterocycles. The summed E-state index contributed by atoms with van der Waals surface area (Å²) in [6, 6.07) is 7.25. The van der Waals surface area contributed by atoms with Crippen LogP contribution in [0.25, 0.3) is 11.1 Å². The molecule has 1 fully saturated rings. The van der Waals surface area contributed by atoms with Gasteiger partial charge < -0.3 is 10.1 Å². The number of benzene rings is 1. The van der Waals surface area contributed by atoms with Crippen LogP contribution in [0, 0.1) is 0 Å². The highest BCUT2D eigenvalue weighted by molar-refractivity contribution is 5.96. The monoisotopic (exact) mass is 417 g/mol. The Bertz CT molecular complexity index is 926. The molecule has 2 amide bonds. The lowest BCUT2D eigenvalue weighted by Gasteiger charge is -2.28. The van der Waals surface area contributed by atoms with Crippen molar-refractivity contribution in [3.63, 3.8) is 0 Å². The van der Waals surface area contributed by atoms with Crippen LogP contribution < -0.4 is 15.5 Å². The molecule has 2 aliphatic carbocycles. The number of pyridine rings is 1. The van der Waals surface area contributed by atoms with E-state index in [1.54, 1.807) is 12.3 Å². The fourth-order valence-electron chi connectivity index (χ4n) is 4.23. The van der Waals surface area contributed by atoms with Gasteiger partial charge in [-0.2, -0.15) is 0 Å². The quantitative estimate of drug-likeness (QED) is 0.681. The van der Waals surface area contributed by atoms with E-state index in [0.717, 1.165) is 41.6 Å². The van der Waals surface area contributed by atoms with Crippen molar-refractivity contribution in [2.24, 2.45) is 0 Å². The first-order chi connectivity index (χ1) is 14.4. The highest BCUT2D eigenvalue weighted by Gasteiger charge is 2.35. The van der Waals surface area contributed by atoms with Gasteiger partial charge in [-0.3, -0.25) is 4.84 Å². The first-order valence-corrected chi connectivity index (χ1v) is 10.2. The fourth-order valence-corrected chi connectivity index (χ4v) is 4.23. The maximum absolute atomic E-state index is 13.4. The minimum absolute atomic E-state index is 0.162. The molecule has 0 aliphatic heterocycles. The van der Waals surface area contributed by atoms with Gasteiger partial charge in [-0.15, -0.1) is 0 Å². The van der Waals surface area contributed by atoms with E-state index in [4.69, 9.17) is 9.57 Å². The first-order valence-electron chi connectivity index (χ1n) is 10.2. The van der Waals surface area contributed by atoms with Gasteiger partial charge in [0, 0.05) is 30.7 Å². The van der Waals surface area contributed by atoms with Gasteiger partial charge in [0.2, 0.25) is 11.8 Å². The number of rotatable bonds is 5. The van der Waals surface area contributed by atoms with Gasteiger partial charge in [-0.25, -0.2) is 24.0 Å². The maximum Gasteiger partial charge on any atom is 0.343 e. The van der Waals surface area contributed by atoms with Crippen molar-refractivity contribution < 1.29 is 23.1 Å². The second kappa shape index (κ2) is 8.55. The Hall–Kier alpha value is -2.74. The summed E-state index contributed by atoms with van der Waals surface area (Å²) in [5.41, 5.74) is 7.06.